The summed E-state index contributed by atoms with van der Waals surface area (Å²) in [6, 6.07) is 8.25. The normalized spacial score (nSPS) is 20.0. The third-order valence-electron chi connectivity index (χ3n) is 4.10. The number of carbonyl (C=O) groups excluding carboxylic acids is 1. The molecule has 1 amide bonds. The number of nitrogens with two attached hydrogens (primary N) is 1. The van der Waals surface area contributed by atoms with E-state index in [1.54, 1.807) is 0 Å². The second-order valence-corrected chi connectivity index (χ2v) is 7.58. The maximum absolute atomic E-state index is 13.0. The highest BCUT2D eigenvalue weighted by Gasteiger charge is 2.32. The summed E-state index contributed by atoms with van der Waals surface area (Å²) in [5, 5.41) is 0. The van der Waals surface area contributed by atoms with Crippen LogP contribution in [0.25, 0.3) is 0 Å². The van der Waals surface area contributed by atoms with Crippen LogP contribution in [0.3, 0.4) is 0 Å². The van der Waals surface area contributed by atoms with E-state index in [-0.39, 0.29) is 17.2 Å². The zero-order valence-electron chi connectivity index (χ0n) is 13.7. The number of anilines is 1. The second kappa shape index (κ2) is 6.18. The molecule has 2 N–H and O–H groups in total. The fraction of sp³-hybridized carbons (Fsp3) is 0.611. The molecule has 1 aromatic carbocycles. The molecule has 1 aliphatic heterocycles. The molecule has 1 heterocycles. The molecular weight excluding hydrogens is 260 g/mol. The van der Waals surface area contributed by atoms with Gasteiger partial charge in [0, 0.05) is 18.8 Å². The maximum atomic E-state index is 13.0. The Hall–Kier alpha value is -1.35. The molecule has 1 aliphatic rings. The van der Waals surface area contributed by atoms with E-state index in [1.165, 1.54) is 5.56 Å². The molecule has 2 unspecified atom stereocenters. The van der Waals surface area contributed by atoms with Crippen molar-refractivity contribution in [2.75, 3.05) is 18.0 Å². The van der Waals surface area contributed by atoms with Gasteiger partial charge in [0.05, 0.1) is 5.92 Å². The van der Waals surface area contributed by atoms with Crippen LogP contribution >= 0.6 is 0 Å². The Bertz CT molecular complexity index is 504. The lowest BCUT2D eigenvalue weighted by Crippen LogP contribution is -2.45. The standard InChI is InChI=1S/C18H28N2O/c1-13-9-14-7-5-6-8-16(14)20(12-13)17(21)15(11-19)10-18(2,3)4/h5-8,13,15H,9-12,19H2,1-4H3. The summed E-state index contributed by atoms with van der Waals surface area (Å²) < 4.78 is 0. The van der Waals surface area contributed by atoms with E-state index in [9.17, 15) is 4.79 Å². The number of hydrogen-bond donors (Lipinski definition) is 1. The van der Waals surface area contributed by atoms with E-state index in [2.05, 4.69) is 45.9 Å². The molecular formula is C18H28N2O. The number of amides is 1. The minimum absolute atomic E-state index is 0.0941. The number of hydrogen-bond acceptors (Lipinski definition) is 2. The van der Waals surface area contributed by atoms with Crippen LogP contribution in [-0.4, -0.2) is 19.0 Å². The zero-order valence-corrected chi connectivity index (χ0v) is 13.7. The SMILES string of the molecule is CC1Cc2ccccc2N(C(=O)C(CN)CC(C)(C)C)C1. The molecule has 3 heteroatoms. The van der Waals surface area contributed by atoms with Crippen molar-refractivity contribution in [3.05, 3.63) is 29.8 Å². The minimum atomic E-state index is -0.0941. The monoisotopic (exact) mass is 288 g/mol. The second-order valence-electron chi connectivity index (χ2n) is 7.58. The van der Waals surface area contributed by atoms with Crippen LogP contribution in [0.2, 0.25) is 0 Å². The van der Waals surface area contributed by atoms with Crippen LogP contribution in [0.4, 0.5) is 5.69 Å². The summed E-state index contributed by atoms with van der Waals surface area (Å²) in [6.07, 6.45) is 1.88. The number of rotatable bonds is 3. The highest BCUT2D eigenvalue weighted by atomic mass is 16.2. The minimum Gasteiger partial charge on any atom is -0.330 e. The highest BCUT2D eigenvalue weighted by Crippen LogP contribution is 2.32. The summed E-state index contributed by atoms with van der Waals surface area (Å²) in [6.45, 7) is 9.91. The zero-order chi connectivity index (χ0) is 15.6. The van der Waals surface area contributed by atoms with Gasteiger partial charge in [-0.1, -0.05) is 45.9 Å². The van der Waals surface area contributed by atoms with Crippen LogP contribution in [0.5, 0.6) is 0 Å². The molecule has 0 fully saturated rings. The third kappa shape index (κ3) is 3.85. The predicted octanol–water partition coefficient (Wildman–Crippen LogP) is 3.22. The van der Waals surface area contributed by atoms with Gasteiger partial charge >= 0.3 is 0 Å². The number of benzene rings is 1. The van der Waals surface area contributed by atoms with E-state index in [0.717, 1.165) is 25.1 Å². The number of para-hydroxylation sites is 1. The highest BCUT2D eigenvalue weighted by molar-refractivity contribution is 5.96. The van der Waals surface area contributed by atoms with E-state index in [4.69, 9.17) is 5.73 Å². The van der Waals surface area contributed by atoms with Crippen molar-refractivity contribution in [3.63, 3.8) is 0 Å². The lowest BCUT2D eigenvalue weighted by atomic mass is 9.83. The van der Waals surface area contributed by atoms with Crippen molar-refractivity contribution in [2.24, 2.45) is 23.0 Å². The number of carbonyl (C=O) groups is 1. The van der Waals surface area contributed by atoms with Crippen molar-refractivity contribution in [1.82, 2.24) is 0 Å². The van der Waals surface area contributed by atoms with Gasteiger partial charge in [0.2, 0.25) is 5.91 Å². The lowest BCUT2D eigenvalue weighted by molar-refractivity contribution is -0.123. The van der Waals surface area contributed by atoms with Gasteiger partial charge in [0.1, 0.15) is 0 Å². The first-order valence-electron chi connectivity index (χ1n) is 7.91. The summed E-state index contributed by atoms with van der Waals surface area (Å²) in [4.78, 5) is 14.9. The van der Waals surface area contributed by atoms with Gasteiger partial charge < -0.3 is 10.6 Å². The lowest BCUT2D eigenvalue weighted by Gasteiger charge is -2.36. The molecule has 0 saturated heterocycles. The Morgan fingerprint density at radius 1 is 1.38 bits per heavy atom. The topological polar surface area (TPSA) is 46.3 Å². The summed E-state index contributed by atoms with van der Waals surface area (Å²) in [5.74, 6) is 0.590. The molecule has 0 spiro atoms. The summed E-state index contributed by atoms with van der Waals surface area (Å²) in [7, 11) is 0. The molecule has 0 saturated carbocycles. The molecule has 21 heavy (non-hydrogen) atoms. The van der Waals surface area contributed by atoms with Gasteiger partial charge in [-0.2, -0.15) is 0 Å². The van der Waals surface area contributed by atoms with Gasteiger partial charge in [-0.05, 0) is 35.8 Å². The number of nitrogens with zero attached hydrogens (tertiary/aromatic N) is 1. The molecule has 0 aliphatic carbocycles. The van der Waals surface area contributed by atoms with Gasteiger partial charge in [-0.25, -0.2) is 0 Å². The smallest absolute Gasteiger partial charge is 0.231 e. The van der Waals surface area contributed by atoms with Crippen molar-refractivity contribution < 1.29 is 4.79 Å². The van der Waals surface area contributed by atoms with Gasteiger partial charge in [-0.3, -0.25) is 4.79 Å². The Labute approximate surface area is 128 Å². The Morgan fingerprint density at radius 2 is 2.05 bits per heavy atom. The van der Waals surface area contributed by atoms with Gasteiger partial charge in [0.25, 0.3) is 0 Å². The molecule has 116 valence electrons. The van der Waals surface area contributed by atoms with E-state index in [0.29, 0.717) is 12.5 Å². The van der Waals surface area contributed by atoms with Crippen molar-refractivity contribution in [3.8, 4) is 0 Å². The molecule has 2 rings (SSSR count). The van der Waals surface area contributed by atoms with Crippen LogP contribution in [0, 0.1) is 17.3 Å². The van der Waals surface area contributed by atoms with E-state index in [1.807, 2.05) is 11.0 Å². The van der Waals surface area contributed by atoms with Crippen molar-refractivity contribution >= 4 is 11.6 Å². The average Bonchev–Trinajstić information content (AvgIpc) is 2.42. The van der Waals surface area contributed by atoms with Crippen molar-refractivity contribution in [2.45, 2.75) is 40.5 Å². The van der Waals surface area contributed by atoms with Crippen LogP contribution in [0.15, 0.2) is 24.3 Å². The molecule has 0 bridgehead atoms. The first kappa shape index (κ1) is 16.0. The predicted molar refractivity (Wildman–Crippen MR) is 88.3 cm³/mol. The third-order valence-corrected chi connectivity index (χ3v) is 4.10. The largest absolute Gasteiger partial charge is 0.330 e. The van der Waals surface area contributed by atoms with Crippen LogP contribution in [-0.2, 0) is 11.2 Å². The molecule has 2 atom stereocenters. The summed E-state index contributed by atoms with van der Waals surface area (Å²) >= 11 is 0. The fourth-order valence-corrected chi connectivity index (χ4v) is 3.24. The quantitative estimate of drug-likeness (QED) is 0.928. The first-order chi connectivity index (χ1) is 9.81. The van der Waals surface area contributed by atoms with Crippen molar-refractivity contribution in [1.29, 1.82) is 0 Å². The van der Waals surface area contributed by atoms with Crippen LogP contribution < -0.4 is 10.6 Å². The Kier molecular flexibility index (Phi) is 4.72. The molecule has 3 nitrogen and oxygen atoms in total. The van der Waals surface area contributed by atoms with E-state index < -0.39 is 0 Å². The fourth-order valence-electron chi connectivity index (χ4n) is 3.24. The molecule has 0 radical (unpaired) electrons. The van der Waals surface area contributed by atoms with E-state index >= 15 is 0 Å². The Morgan fingerprint density at radius 3 is 2.67 bits per heavy atom. The maximum Gasteiger partial charge on any atom is 0.231 e. The number of fused-ring (bicyclic) bond motifs is 1. The molecule has 1 aromatic rings. The molecule has 0 aromatic heterocycles. The average molecular weight is 288 g/mol. The van der Waals surface area contributed by atoms with Gasteiger partial charge in [0.15, 0.2) is 0 Å². The Balaban J connectivity index is 2.26. The first-order valence-corrected chi connectivity index (χ1v) is 7.91. The summed E-state index contributed by atoms with van der Waals surface area (Å²) in [5.41, 5.74) is 8.36. The van der Waals surface area contributed by atoms with Crippen LogP contribution in [0.1, 0.15) is 39.7 Å². The van der Waals surface area contributed by atoms with Gasteiger partial charge in [-0.15, -0.1) is 0 Å².